The number of aromatic nitrogens is 3. The first-order valence-corrected chi connectivity index (χ1v) is 9.71. The molecule has 0 saturated carbocycles. The summed E-state index contributed by atoms with van der Waals surface area (Å²) in [6.45, 7) is 3.31. The lowest BCUT2D eigenvalue weighted by atomic mass is 10.1. The molecular weight excluding hydrogens is 379 g/mol. The van der Waals surface area contributed by atoms with Gasteiger partial charge in [-0.15, -0.1) is 5.10 Å². The Bertz CT molecular complexity index is 1070. The molecule has 9 heteroatoms. The lowest BCUT2D eigenvalue weighted by Crippen LogP contribution is -2.13. The van der Waals surface area contributed by atoms with Gasteiger partial charge >= 0.3 is 6.18 Å². The van der Waals surface area contributed by atoms with Gasteiger partial charge < -0.3 is 0 Å². The van der Waals surface area contributed by atoms with E-state index in [1.165, 1.54) is 17.8 Å². The summed E-state index contributed by atoms with van der Waals surface area (Å²) in [4.78, 5) is -0.430. The molecule has 0 radical (unpaired) electrons. The van der Waals surface area contributed by atoms with Crippen LogP contribution in [0.2, 0.25) is 0 Å². The molecule has 142 valence electrons. The first-order chi connectivity index (χ1) is 12.6. The lowest BCUT2D eigenvalue weighted by molar-refractivity contribution is -0.137. The van der Waals surface area contributed by atoms with Crippen molar-refractivity contribution in [2.75, 3.05) is 5.75 Å². The van der Waals surface area contributed by atoms with Crippen molar-refractivity contribution in [1.82, 2.24) is 15.0 Å². The summed E-state index contributed by atoms with van der Waals surface area (Å²) in [7, 11) is -3.91. The zero-order chi connectivity index (χ0) is 19.8. The Labute approximate surface area is 154 Å². The monoisotopic (exact) mass is 395 g/mol. The van der Waals surface area contributed by atoms with Crippen LogP contribution in [0.3, 0.4) is 0 Å². The molecule has 0 aliphatic heterocycles. The largest absolute Gasteiger partial charge is 0.416 e. The number of rotatable bonds is 4. The standard InChI is InChI=1S/C18H16F3N3O2S/c1-3-27(25,26)17-10-14(18(19,20)21)8-9-16(17)24-11-15(22-23-24)13-6-4-12(2)5-7-13/h4-11H,3H2,1-2H3. The second-order valence-corrected chi connectivity index (χ2v) is 8.24. The van der Waals surface area contributed by atoms with Gasteiger partial charge in [-0.2, -0.15) is 13.2 Å². The van der Waals surface area contributed by atoms with Crippen molar-refractivity contribution < 1.29 is 21.6 Å². The predicted molar refractivity (Wildman–Crippen MR) is 94.3 cm³/mol. The molecule has 0 amide bonds. The zero-order valence-corrected chi connectivity index (χ0v) is 15.3. The number of nitrogens with zero attached hydrogens (tertiary/aromatic N) is 3. The molecule has 0 fully saturated rings. The number of sulfone groups is 1. The third-order valence-corrected chi connectivity index (χ3v) is 5.85. The average Bonchev–Trinajstić information content (AvgIpc) is 3.11. The molecule has 0 saturated heterocycles. The summed E-state index contributed by atoms with van der Waals surface area (Å²) in [6, 6.07) is 10.0. The van der Waals surface area contributed by atoms with Crippen LogP contribution in [0.5, 0.6) is 0 Å². The number of benzene rings is 2. The molecule has 27 heavy (non-hydrogen) atoms. The summed E-state index contributed by atoms with van der Waals surface area (Å²) in [5.74, 6) is -0.333. The molecule has 0 bridgehead atoms. The molecule has 1 heterocycles. The Morgan fingerprint density at radius 3 is 2.33 bits per heavy atom. The Balaban J connectivity index is 2.13. The molecule has 1 aromatic heterocycles. The van der Waals surface area contributed by atoms with E-state index in [0.717, 1.165) is 23.3 Å². The lowest BCUT2D eigenvalue weighted by Gasteiger charge is -2.13. The van der Waals surface area contributed by atoms with Gasteiger partial charge in [-0.1, -0.05) is 42.0 Å². The van der Waals surface area contributed by atoms with Gasteiger partial charge in [0.15, 0.2) is 9.84 Å². The van der Waals surface area contributed by atoms with Crippen LogP contribution in [0.4, 0.5) is 13.2 Å². The van der Waals surface area contributed by atoms with Gasteiger partial charge in [0.05, 0.1) is 28.1 Å². The van der Waals surface area contributed by atoms with Crippen LogP contribution in [0.1, 0.15) is 18.1 Å². The Morgan fingerprint density at radius 2 is 1.74 bits per heavy atom. The number of aryl methyl sites for hydroxylation is 1. The second kappa shape index (κ2) is 6.80. The van der Waals surface area contributed by atoms with Crippen LogP contribution in [-0.4, -0.2) is 29.2 Å². The number of alkyl halides is 3. The van der Waals surface area contributed by atoms with Gasteiger partial charge in [-0.25, -0.2) is 13.1 Å². The molecule has 3 rings (SSSR count). The Hall–Kier alpha value is -2.68. The van der Waals surface area contributed by atoms with Crippen LogP contribution in [0, 0.1) is 6.92 Å². The van der Waals surface area contributed by atoms with E-state index < -0.39 is 26.5 Å². The van der Waals surface area contributed by atoms with E-state index in [9.17, 15) is 21.6 Å². The van der Waals surface area contributed by atoms with Gasteiger partial charge in [0, 0.05) is 5.56 Å². The normalized spacial score (nSPS) is 12.3. The molecule has 0 aliphatic carbocycles. The van der Waals surface area contributed by atoms with Crippen molar-refractivity contribution in [2.24, 2.45) is 0 Å². The van der Waals surface area contributed by atoms with E-state index in [2.05, 4.69) is 10.3 Å². The topological polar surface area (TPSA) is 64.8 Å². The summed E-state index contributed by atoms with van der Waals surface area (Å²) < 4.78 is 65.0. The summed E-state index contributed by atoms with van der Waals surface area (Å²) in [5.41, 5.74) is 1.30. The Kier molecular flexibility index (Phi) is 4.81. The molecule has 0 N–H and O–H groups in total. The number of hydrogen-bond acceptors (Lipinski definition) is 4. The SMILES string of the molecule is CCS(=O)(=O)c1cc(C(F)(F)F)ccc1-n1cc(-c2ccc(C)cc2)nn1. The Morgan fingerprint density at radius 1 is 1.07 bits per heavy atom. The molecule has 3 aromatic rings. The maximum Gasteiger partial charge on any atom is 0.416 e. The van der Waals surface area contributed by atoms with Crippen molar-refractivity contribution in [3.8, 4) is 16.9 Å². The highest BCUT2D eigenvalue weighted by atomic mass is 32.2. The highest BCUT2D eigenvalue weighted by Gasteiger charge is 2.33. The molecule has 5 nitrogen and oxygen atoms in total. The van der Waals surface area contributed by atoms with Crippen LogP contribution in [-0.2, 0) is 16.0 Å². The third kappa shape index (κ3) is 3.87. The van der Waals surface area contributed by atoms with E-state index >= 15 is 0 Å². The number of halogens is 3. The van der Waals surface area contributed by atoms with Crippen LogP contribution in [0.25, 0.3) is 16.9 Å². The van der Waals surface area contributed by atoms with Crippen molar-refractivity contribution in [1.29, 1.82) is 0 Å². The first kappa shape index (κ1) is 19.1. The van der Waals surface area contributed by atoms with E-state index in [0.29, 0.717) is 11.8 Å². The van der Waals surface area contributed by atoms with E-state index in [-0.39, 0.29) is 11.4 Å². The van der Waals surface area contributed by atoms with Gasteiger partial charge in [0.1, 0.15) is 5.69 Å². The first-order valence-electron chi connectivity index (χ1n) is 8.05. The highest BCUT2D eigenvalue weighted by Crippen LogP contribution is 2.33. The quantitative estimate of drug-likeness (QED) is 0.668. The fraction of sp³-hybridized carbons (Fsp3) is 0.222. The van der Waals surface area contributed by atoms with Crippen LogP contribution in [0.15, 0.2) is 53.6 Å². The summed E-state index contributed by atoms with van der Waals surface area (Å²) >= 11 is 0. The van der Waals surface area contributed by atoms with Crippen LogP contribution >= 0.6 is 0 Å². The average molecular weight is 395 g/mol. The molecule has 2 aromatic carbocycles. The van der Waals surface area contributed by atoms with Crippen molar-refractivity contribution in [3.63, 3.8) is 0 Å². The fourth-order valence-electron chi connectivity index (χ4n) is 2.52. The minimum Gasteiger partial charge on any atom is -0.224 e. The fourth-order valence-corrected chi connectivity index (χ4v) is 3.62. The smallest absolute Gasteiger partial charge is 0.224 e. The maximum atomic E-state index is 13.0. The minimum atomic E-state index is -4.65. The minimum absolute atomic E-state index is 0.0238. The van der Waals surface area contributed by atoms with Crippen molar-refractivity contribution in [2.45, 2.75) is 24.9 Å². The summed E-state index contributed by atoms with van der Waals surface area (Å²) in [5, 5.41) is 7.92. The van der Waals surface area contributed by atoms with E-state index in [1.807, 2.05) is 31.2 Å². The highest BCUT2D eigenvalue weighted by molar-refractivity contribution is 7.91. The van der Waals surface area contributed by atoms with Gasteiger partial charge in [-0.3, -0.25) is 0 Å². The summed E-state index contributed by atoms with van der Waals surface area (Å²) in [6.07, 6.45) is -3.16. The van der Waals surface area contributed by atoms with Crippen molar-refractivity contribution in [3.05, 3.63) is 59.8 Å². The molecule has 0 spiro atoms. The second-order valence-electron chi connectivity index (χ2n) is 6.00. The predicted octanol–water partition coefficient (Wildman–Crippen LogP) is 4.06. The number of hydrogen-bond donors (Lipinski definition) is 0. The third-order valence-electron chi connectivity index (χ3n) is 4.09. The molecular formula is C18H16F3N3O2S. The van der Waals surface area contributed by atoms with Gasteiger partial charge in [0.25, 0.3) is 0 Å². The maximum absolute atomic E-state index is 13.0. The van der Waals surface area contributed by atoms with E-state index in [1.54, 1.807) is 0 Å². The van der Waals surface area contributed by atoms with E-state index in [4.69, 9.17) is 0 Å². The van der Waals surface area contributed by atoms with Gasteiger partial charge in [0.2, 0.25) is 0 Å². The van der Waals surface area contributed by atoms with Crippen LogP contribution < -0.4 is 0 Å². The zero-order valence-electron chi connectivity index (χ0n) is 14.5. The molecule has 0 unspecified atom stereocenters. The molecule has 0 atom stereocenters. The van der Waals surface area contributed by atoms with Crippen molar-refractivity contribution >= 4 is 9.84 Å². The molecule has 0 aliphatic rings. The van der Waals surface area contributed by atoms with Gasteiger partial charge in [-0.05, 0) is 25.1 Å².